The van der Waals surface area contributed by atoms with Gasteiger partial charge in [-0.2, -0.15) is 0 Å². The van der Waals surface area contributed by atoms with E-state index in [4.69, 9.17) is 16.3 Å². The zero-order valence-corrected chi connectivity index (χ0v) is 10.7. The van der Waals surface area contributed by atoms with E-state index < -0.39 is 10.0 Å². The molecule has 0 bridgehead atoms. The van der Waals surface area contributed by atoms with Crippen molar-refractivity contribution in [2.75, 3.05) is 18.2 Å². The summed E-state index contributed by atoms with van der Waals surface area (Å²) >= 11 is 5.69. The normalized spacial score (nSPS) is 19.5. The number of ether oxygens (including phenoxy) is 1. The fourth-order valence-corrected chi connectivity index (χ4v) is 2.96. The van der Waals surface area contributed by atoms with Crippen LogP contribution in [0, 0.1) is 0 Å². The molecule has 1 fully saturated rings. The minimum absolute atomic E-state index is 0.00379. The molecule has 1 aliphatic carbocycles. The summed E-state index contributed by atoms with van der Waals surface area (Å²) in [5, 5.41) is 0. The predicted molar refractivity (Wildman–Crippen MR) is 60.7 cm³/mol. The molecule has 0 atom stereocenters. The molecule has 0 heterocycles. The zero-order chi connectivity index (χ0) is 11.5. The van der Waals surface area contributed by atoms with Crippen molar-refractivity contribution in [3.8, 4) is 0 Å². The number of alkyl halides is 1. The van der Waals surface area contributed by atoms with Crippen LogP contribution in [0.2, 0.25) is 0 Å². The lowest BCUT2D eigenvalue weighted by Gasteiger charge is -2.14. The number of hydrogen-bond acceptors (Lipinski definition) is 3. The van der Waals surface area contributed by atoms with Crippen LogP contribution in [0.25, 0.3) is 0 Å². The van der Waals surface area contributed by atoms with Crippen LogP contribution >= 0.6 is 11.6 Å². The smallest absolute Gasteiger partial charge is 0.214 e. The molecular formula is C9H18ClNO3S. The summed E-state index contributed by atoms with van der Waals surface area (Å²) in [6, 6.07) is 0. The molecule has 1 aliphatic rings. The van der Waals surface area contributed by atoms with Crippen LogP contribution in [0.4, 0.5) is 0 Å². The molecule has 4 nitrogen and oxygen atoms in total. The average Bonchev–Trinajstić information content (AvgIpc) is 2.83. The van der Waals surface area contributed by atoms with Crippen molar-refractivity contribution in [2.24, 2.45) is 0 Å². The first-order chi connectivity index (χ1) is 6.89. The Morgan fingerprint density at radius 3 is 2.47 bits per heavy atom. The summed E-state index contributed by atoms with van der Waals surface area (Å²) in [5.74, 6) is 0.348. The van der Waals surface area contributed by atoms with Crippen molar-refractivity contribution in [3.63, 3.8) is 0 Å². The largest absolute Gasteiger partial charge is 0.378 e. The highest BCUT2D eigenvalue weighted by atomic mass is 35.5. The standard InChI is InChI=1S/C9H18ClNO3S/c1-8(2)14-5-6-15(12,13)11-9(7-10)3-4-9/h8,11H,3-7H2,1-2H3. The third kappa shape index (κ3) is 4.68. The lowest BCUT2D eigenvalue weighted by molar-refractivity contribution is 0.0911. The van der Waals surface area contributed by atoms with Crippen LogP contribution in [0.1, 0.15) is 26.7 Å². The third-order valence-corrected chi connectivity index (χ3v) is 4.24. The van der Waals surface area contributed by atoms with Gasteiger partial charge in [-0.15, -0.1) is 11.6 Å². The molecule has 0 radical (unpaired) electrons. The van der Waals surface area contributed by atoms with E-state index in [2.05, 4.69) is 4.72 Å². The number of rotatable bonds is 7. The Hall–Kier alpha value is 0.160. The molecule has 6 heteroatoms. The molecule has 0 spiro atoms. The first-order valence-electron chi connectivity index (χ1n) is 5.08. The first-order valence-corrected chi connectivity index (χ1v) is 7.27. The molecule has 90 valence electrons. The van der Waals surface area contributed by atoms with Crippen LogP contribution in [-0.4, -0.2) is 38.3 Å². The lowest BCUT2D eigenvalue weighted by Crippen LogP contribution is -2.40. The number of hydrogen-bond donors (Lipinski definition) is 1. The molecule has 0 saturated heterocycles. The van der Waals surface area contributed by atoms with Gasteiger partial charge in [-0.3, -0.25) is 0 Å². The van der Waals surface area contributed by atoms with Gasteiger partial charge in [0.1, 0.15) is 0 Å². The predicted octanol–water partition coefficient (Wildman–Crippen LogP) is 1.10. The Kier molecular flexibility index (Phi) is 4.40. The SMILES string of the molecule is CC(C)OCCS(=O)(=O)NC1(CCl)CC1. The molecule has 0 aromatic rings. The Balaban J connectivity index is 2.33. The fraction of sp³-hybridized carbons (Fsp3) is 1.00. The maximum Gasteiger partial charge on any atom is 0.214 e. The van der Waals surface area contributed by atoms with E-state index in [0.717, 1.165) is 12.8 Å². The van der Waals surface area contributed by atoms with Crippen LogP contribution in [0.15, 0.2) is 0 Å². The molecule has 1 saturated carbocycles. The molecule has 15 heavy (non-hydrogen) atoms. The van der Waals surface area contributed by atoms with Gasteiger partial charge in [-0.05, 0) is 26.7 Å². The minimum atomic E-state index is -3.24. The van der Waals surface area contributed by atoms with Crippen LogP contribution in [0.5, 0.6) is 0 Å². The van der Waals surface area contributed by atoms with Gasteiger partial charge in [-0.1, -0.05) is 0 Å². The topological polar surface area (TPSA) is 55.4 Å². The summed E-state index contributed by atoms with van der Waals surface area (Å²) in [6.45, 7) is 3.98. The molecule has 0 unspecified atom stereocenters. The molecular weight excluding hydrogens is 238 g/mol. The van der Waals surface area contributed by atoms with Crippen LogP contribution in [0.3, 0.4) is 0 Å². The summed E-state index contributed by atoms with van der Waals surface area (Å²) in [6.07, 6.45) is 1.73. The quantitative estimate of drug-likeness (QED) is 0.694. The van der Waals surface area contributed by atoms with Gasteiger partial charge < -0.3 is 4.74 Å². The first kappa shape index (κ1) is 13.2. The Morgan fingerprint density at radius 1 is 1.47 bits per heavy atom. The second-order valence-corrected chi connectivity index (χ2v) is 6.36. The second-order valence-electron chi connectivity index (χ2n) is 4.25. The van der Waals surface area contributed by atoms with Crippen molar-refractivity contribution in [1.29, 1.82) is 0 Å². The molecule has 1 N–H and O–H groups in total. The van der Waals surface area contributed by atoms with Gasteiger partial charge in [-0.25, -0.2) is 13.1 Å². The van der Waals surface area contributed by atoms with Crippen molar-refractivity contribution < 1.29 is 13.2 Å². The van der Waals surface area contributed by atoms with Crippen molar-refractivity contribution in [2.45, 2.75) is 38.3 Å². The second kappa shape index (κ2) is 4.99. The van der Waals surface area contributed by atoms with Gasteiger partial charge in [0.25, 0.3) is 0 Å². The monoisotopic (exact) mass is 255 g/mol. The summed E-state index contributed by atoms with van der Waals surface area (Å²) in [5.41, 5.74) is -0.363. The Labute approximate surface area is 96.4 Å². The average molecular weight is 256 g/mol. The molecule has 0 aromatic carbocycles. The summed E-state index contributed by atoms with van der Waals surface area (Å²) in [4.78, 5) is 0. The molecule has 0 aliphatic heterocycles. The van der Waals surface area contributed by atoms with E-state index >= 15 is 0 Å². The maximum absolute atomic E-state index is 11.6. The lowest BCUT2D eigenvalue weighted by atomic mass is 10.4. The molecule has 0 amide bonds. The van der Waals surface area contributed by atoms with Gasteiger partial charge in [0.2, 0.25) is 10.0 Å². The van der Waals surface area contributed by atoms with E-state index in [9.17, 15) is 8.42 Å². The van der Waals surface area contributed by atoms with E-state index in [1.807, 2.05) is 13.8 Å². The fourth-order valence-electron chi connectivity index (χ4n) is 1.19. The highest BCUT2D eigenvalue weighted by Gasteiger charge is 2.44. The van der Waals surface area contributed by atoms with E-state index in [-0.39, 0.29) is 24.0 Å². The zero-order valence-electron chi connectivity index (χ0n) is 9.12. The van der Waals surface area contributed by atoms with Gasteiger partial charge in [0, 0.05) is 11.4 Å². The van der Waals surface area contributed by atoms with Crippen LogP contribution < -0.4 is 4.72 Å². The van der Waals surface area contributed by atoms with E-state index in [1.54, 1.807) is 0 Å². The number of sulfonamides is 1. The van der Waals surface area contributed by atoms with Gasteiger partial charge >= 0.3 is 0 Å². The van der Waals surface area contributed by atoms with E-state index in [1.165, 1.54) is 0 Å². The van der Waals surface area contributed by atoms with Crippen LogP contribution in [-0.2, 0) is 14.8 Å². The van der Waals surface area contributed by atoms with Crippen molar-refractivity contribution in [1.82, 2.24) is 4.72 Å². The van der Waals surface area contributed by atoms with Crippen molar-refractivity contribution >= 4 is 21.6 Å². The number of halogens is 1. The highest BCUT2D eigenvalue weighted by molar-refractivity contribution is 7.89. The molecule has 0 aromatic heterocycles. The van der Waals surface area contributed by atoms with Gasteiger partial charge in [0.05, 0.1) is 18.5 Å². The van der Waals surface area contributed by atoms with Crippen molar-refractivity contribution in [3.05, 3.63) is 0 Å². The summed E-state index contributed by atoms with van der Waals surface area (Å²) in [7, 11) is -3.24. The minimum Gasteiger partial charge on any atom is -0.378 e. The Bertz CT molecular complexity index is 298. The summed E-state index contributed by atoms with van der Waals surface area (Å²) < 4.78 is 31.0. The Morgan fingerprint density at radius 2 is 2.07 bits per heavy atom. The van der Waals surface area contributed by atoms with Gasteiger partial charge in [0.15, 0.2) is 0 Å². The highest BCUT2D eigenvalue weighted by Crippen LogP contribution is 2.37. The third-order valence-electron chi connectivity index (χ3n) is 2.28. The van der Waals surface area contributed by atoms with E-state index in [0.29, 0.717) is 5.88 Å². The maximum atomic E-state index is 11.6. The number of nitrogens with one attached hydrogen (secondary N) is 1. The molecule has 1 rings (SSSR count).